The van der Waals surface area contributed by atoms with E-state index in [0.29, 0.717) is 22.4 Å². The number of halogens is 1. The first-order chi connectivity index (χ1) is 16.4. The van der Waals surface area contributed by atoms with Crippen LogP contribution in [0.4, 0.5) is 10.1 Å². The Bertz CT molecular complexity index is 1160. The summed E-state index contributed by atoms with van der Waals surface area (Å²) in [6.45, 7) is 3.96. The minimum Gasteiger partial charge on any atom is -0.489 e. The van der Waals surface area contributed by atoms with Crippen LogP contribution in [0.15, 0.2) is 60.7 Å². The normalized spacial score (nSPS) is 14.6. The molecule has 0 aromatic heterocycles. The van der Waals surface area contributed by atoms with E-state index in [2.05, 4.69) is 11.0 Å². The molecule has 1 saturated heterocycles. The number of nitrogens with zero attached hydrogens (tertiary/aromatic N) is 1. The number of carboxylic acid groups (broad SMARTS) is 1. The van der Waals surface area contributed by atoms with Crippen LogP contribution >= 0.6 is 0 Å². The maximum atomic E-state index is 15.4. The first-order valence-electron chi connectivity index (χ1n) is 11.8. The van der Waals surface area contributed by atoms with Crippen molar-refractivity contribution in [1.29, 1.82) is 0 Å². The van der Waals surface area contributed by atoms with E-state index in [1.165, 1.54) is 6.42 Å². The number of hydrogen-bond donors (Lipinski definition) is 2. The number of ether oxygens (including phenoxy) is 1. The fourth-order valence-electron chi connectivity index (χ4n) is 4.49. The van der Waals surface area contributed by atoms with E-state index in [1.54, 1.807) is 37.3 Å². The van der Waals surface area contributed by atoms with Crippen LogP contribution < -0.4 is 15.4 Å². The lowest BCUT2D eigenvalue weighted by Crippen LogP contribution is -2.29. The molecule has 178 valence electrons. The Balaban J connectivity index is 1.69. The molecule has 4 rings (SSSR count). The number of benzene rings is 3. The molecule has 6 heteroatoms. The Morgan fingerprint density at radius 3 is 2.59 bits per heavy atom. The summed E-state index contributed by atoms with van der Waals surface area (Å²) in [5.41, 5.74) is 10.3. The van der Waals surface area contributed by atoms with Gasteiger partial charge in [0.25, 0.3) is 0 Å². The highest BCUT2D eigenvalue weighted by Gasteiger charge is 2.17. The Morgan fingerprint density at radius 2 is 1.85 bits per heavy atom. The van der Waals surface area contributed by atoms with Crippen LogP contribution in [0.3, 0.4) is 0 Å². The fraction of sp³-hybridized carbons (Fsp3) is 0.321. The minimum absolute atomic E-state index is 0.107. The molecule has 0 aliphatic carbocycles. The van der Waals surface area contributed by atoms with E-state index in [1.807, 2.05) is 24.3 Å². The summed E-state index contributed by atoms with van der Waals surface area (Å²) >= 11 is 0. The van der Waals surface area contributed by atoms with Gasteiger partial charge in [-0.2, -0.15) is 0 Å². The molecule has 0 saturated carbocycles. The number of anilines is 1. The third-order valence-electron chi connectivity index (χ3n) is 6.24. The van der Waals surface area contributed by atoms with Crippen molar-refractivity contribution in [2.24, 2.45) is 5.73 Å². The number of rotatable bonds is 8. The largest absolute Gasteiger partial charge is 0.489 e. The smallest absolute Gasteiger partial charge is 0.307 e. The average molecular weight is 463 g/mol. The van der Waals surface area contributed by atoms with Crippen molar-refractivity contribution in [2.45, 2.75) is 45.3 Å². The van der Waals surface area contributed by atoms with E-state index in [-0.39, 0.29) is 18.8 Å². The quantitative estimate of drug-likeness (QED) is 0.449. The monoisotopic (exact) mass is 462 g/mol. The molecule has 1 atom stereocenters. The van der Waals surface area contributed by atoms with Crippen LogP contribution in [0.5, 0.6) is 5.75 Å². The number of para-hydroxylation sites is 1. The molecule has 3 aromatic rings. The third kappa shape index (κ3) is 5.57. The Labute approximate surface area is 200 Å². The van der Waals surface area contributed by atoms with Crippen LogP contribution in [-0.2, 0) is 17.8 Å². The van der Waals surface area contributed by atoms with Crippen molar-refractivity contribution in [1.82, 2.24) is 0 Å². The molecule has 34 heavy (non-hydrogen) atoms. The number of carboxylic acids is 1. The second-order valence-corrected chi connectivity index (χ2v) is 8.90. The predicted octanol–water partition coefficient (Wildman–Crippen LogP) is 5.71. The molecule has 0 amide bonds. The molecule has 1 aliphatic heterocycles. The van der Waals surface area contributed by atoms with Gasteiger partial charge >= 0.3 is 5.97 Å². The molecular formula is C28H31FN2O3. The number of hydrogen-bond acceptors (Lipinski definition) is 4. The summed E-state index contributed by atoms with van der Waals surface area (Å²) < 4.78 is 21.4. The lowest BCUT2D eigenvalue weighted by Gasteiger charge is -2.30. The van der Waals surface area contributed by atoms with E-state index < -0.39 is 12.0 Å². The van der Waals surface area contributed by atoms with Gasteiger partial charge in [0.05, 0.1) is 6.42 Å². The second-order valence-electron chi connectivity index (χ2n) is 8.90. The predicted molar refractivity (Wildman–Crippen MR) is 133 cm³/mol. The molecule has 3 aromatic carbocycles. The average Bonchev–Trinajstić information content (AvgIpc) is 2.83. The zero-order valence-corrected chi connectivity index (χ0v) is 19.5. The van der Waals surface area contributed by atoms with Crippen LogP contribution in [0, 0.1) is 5.82 Å². The molecule has 1 fully saturated rings. The Kier molecular flexibility index (Phi) is 7.48. The van der Waals surface area contributed by atoms with E-state index >= 15 is 4.39 Å². The number of nitrogens with two attached hydrogens (primary N) is 1. The molecule has 0 radical (unpaired) electrons. The summed E-state index contributed by atoms with van der Waals surface area (Å²) in [6, 6.07) is 18.2. The van der Waals surface area contributed by atoms with Crippen molar-refractivity contribution < 1.29 is 19.0 Å². The van der Waals surface area contributed by atoms with E-state index in [0.717, 1.165) is 42.7 Å². The molecule has 1 aliphatic rings. The zero-order valence-electron chi connectivity index (χ0n) is 19.5. The van der Waals surface area contributed by atoms with Gasteiger partial charge in [-0.05, 0) is 61.6 Å². The van der Waals surface area contributed by atoms with Gasteiger partial charge in [0, 0.05) is 41.5 Å². The molecular weight excluding hydrogens is 431 g/mol. The number of carbonyl (C=O) groups is 1. The lowest BCUT2D eigenvalue weighted by atomic mass is 9.97. The second kappa shape index (κ2) is 10.7. The Morgan fingerprint density at radius 1 is 1.09 bits per heavy atom. The van der Waals surface area contributed by atoms with Gasteiger partial charge in [0.1, 0.15) is 18.2 Å². The van der Waals surface area contributed by atoms with Gasteiger partial charge in [-0.25, -0.2) is 4.39 Å². The summed E-state index contributed by atoms with van der Waals surface area (Å²) in [6.07, 6.45) is 3.38. The first kappa shape index (κ1) is 23.8. The number of piperidine rings is 1. The SMILES string of the molecule is C[C@@H](N)c1cccc(-c2cc(COc3ccccc3CC(=O)O)cc(N3CCCCC3)c2)c1F. The van der Waals surface area contributed by atoms with Crippen LogP contribution in [0.1, 0.15) is 48.9 Å². The van der Waals surface area contributed by atoms with Crippen molar-refractivity contribution in [3.05, 3.63) is 83.2 Å². The minimum atomic E-state index is -0.907. The van der Waals surface area contributed by atoms with Crippen molar-refractivity contribution in [2.75, 3.05) is 18.0 Å². The highest BCUT2D eigenvalue weighted by molar-refractivity contribution is 5.72. The summed E-state index contributed by atoms with van der Waals surface area (Å²) in [5.74, 6) is -0.665. The standard InChI is InChI=1S/C28H31FN2O3/c1-19(30)24-9-7-10-25(28(24)29)22-14-20(15-23(16-22)31-12-5-2-6-13-31)18-34-26-11-4-3-8-21(26)17-27(32)33/h3-4,7-11,14-16,19H,2,5-6,12-13,17-18,30H2,1H3,(H,32,33)/t19-/m1/s1. The maximum Gasteiger partial charge on any atom is 0.307 e. The van der Waals surface area contributed by atoms with E-state index in [4.69, 9.17) is 10.5 Å². The van der Waals surface area contributed by atoms with Crippen LogP contribution in [0.2, 0.25) is 0 Å². The van der Waals surface area contributed by atoms with Gasteiger partial charge in [-0.15, -0.1) is 0 Å². The third-order valence-corrected chi connectivity index (χ3v) is 6.24. The van der Waals surface area contributed by atoms with Gasteiger partial charge in [-0.3, -0.25) is 4.79 Å². The van der Waals surface area contributed by atoms with Crippen LogP contribution in [-0.4, -0.2) is 24.2 Å². The maximum absolute atomic E-state index is 15.4. The summed E-state index contributed by atoms with van der Waals surface area (Å²) in [7, 11) is 0. The first-order valence-corrected chi connectivity index (χ1v) is 11.8. The van der Waals surface area contributed by atoms with Crippen molar-refractivity contribution >= 4 is 11.7 Å². The summed E-state index contributed by atoms with van der Waals surface area (Å²) in [5, 5.41) is 9.20. The zero-order chi connectivity index (χ0) is 24.1. The lowest BCUT2D eigenvalue weighted by molar-refractivity contribution is -0.136. The van der Waals surface area contributed by atoms with Gasteiger partial charge in [0.15, 0.2) is 0 Å². The van der Waals surface area contributed by atoms with Gasteiger partial charge in [0.2, 0.25) is 0 Å². The van der Waals surface area contributed by atoms with Gasteiger partial charge in [-0.1, -0.05) is 36.4 Å². The molecule has 0 spiro atoms. The molecule has 1 heterocycles. The number of aliphatic carboxylic acids is 1. The highest BCUT2D eigenvalue weighted by atomic mass is 19.1. The van der Waals surface area contributed by atoms with E-state index in [9.17, 15) is 9.90 Å². The molecule has 0 unspecified atom stereocenters. The Hall–Kier alpha value is -3.38. The fourth-order valence-corrected chi connectivity index (χ4v) is 4.49. The summed E-state index contributed by atoms with van der Waals surface area (Å²) in [4.78, 5) is 13.6. The van der Waals surface area contributed by atoms with Gasteiger partial charge < -0.3 is 20.5 Å². The molecule has 5 nitrogen and oxygen atoms in total. The highest BCUT2D eigenvalue weighted by Crippen LogP contribution is 2.33. The molecule has 0 bridgehead atoms. The topological polar surface area (TPSA) is 75.8 Å². The van der Waals surface area contributed by atoms with Crippen LogP contribution in [0.25, 0.3) is 11.1 Å². The van der Waals surface area contributed by atoms with Crippen molar-refractivity contribution in [3.8, 4) is 16.9 Å². The van der Waals surface area contributed by atoms with Crippen molar-refractivity contribution in [3.63, 3.8) is 0 Å². The molecule has 3 N–H and O–H groups in total.